The van der Waals surface area contributed by atoms with Gasteiger partial charge in [0.2, 0.25) is 0 Å². The lowest BCUT2D eigenvalue weighted by Gasteiger charge is -2.10. The summed E-state index contributed by atoms with van der Waals surface area (Å²) >= 11 is 4.12. The molecule has 0 aliphatic carbocycles. The summed E-state index contributed by atoms with van der Waals surface area (Å²) in [5.74, 6) is -0.468. The zero-order chi connectivity index (χ0) is 21.7. The average Bonchev–Trinajstić information content (AvgIpc) is 2.71. The molecular weight excluding hydrogens is 614 g/mol. The van der Waals surface area contributed by atoms with Gasteiger partial charge in [-0.1, -0.05) is 24.3 Å². The van der Waals surface area contributed by atoms with Crippen LogP contribution in [0, 0.1) is 7.14 Å². The Kier molecular flexibility index (Phi) is 7.48. The molecular formula is C21H16I2N2O5. The Morgan fingerprint density at radius 1 is 1.10 bits per heavy atom. The predicted molar refractivity (Wildman–Crippen MR) is 131 cm³/mol. The number of carboxylic acids is 1. The smallest absolute Gasteiger partial charge is 0.341 e. The van der Waals surface area contributed by atoms with Crippen molar-refractivity contribution in [1.82, 2.24) is 5.43 Å². The van der Waals surface area contributed by atoms with Gasteiger partial charge in [-0.05, 0) is 85.8 Å². The van der Waals surface area contributed by atoms with Gasteiger partial charge in [0.1, 0.15) is 11.5 Å². The third kappa shape index (κ3) is 5.39. The lowest BCUT2D eigenvalue weighted by molar-refractivity contribution is -0.139. The van der Waals surface area contributed by atoms with Gasteiger partial charge in [0.25, 0.3) is 5.91 Å². The van der Waals surface area contributed by atoms with Crippen molar-refractivity contribution >= 4 is 74.0 Å². The number of hydrogen-bond acceptors (Lipinski definition) is 5. The zero-order valence-electron chi connectivity index (χ0n) is 15.7. The molecule has 0 aliphatic rings. The first-order chi connectivity index (χ1) is 14.4. The van der Waals surface area contributed by atoms with Crippen molar-refractivity contribution in [3.05, 3.63) is 66.8 Å². The fourth-order valence-electron chi connectivity index (χ4n) is 2.72. The van der Waals surface area contributed by atoms with Gasteiger partial charge in [0.15, 0.2) is 6.61 Å². The fourth-order valence-corrected chi connectivity index (χ4v) is 4.84. The van der Waals surface area contributed by atoms with Crippen LogP contribution in [0.2, 0.25) is 0 Å². The highest BCUT2D eigenvalue weighted by Gasteiger charge is 2.13. The van der Waals surface area contributed by atoms with E-state index in [1.54, 1.807) is 18.2 Å². The van der Waals surface area contributed by atoms with Gasteiger partial charge in [-0.25, -0.2) is 10.2 Å². The van der Waals surface area contributed by atoms with E-state index in [1.807, 2.05) is 30.3 Å². The minimum absolute atomic E-state index is 0.384. The summed E-state index contributed by atoms with van der Waals surface area (Å²) < 4.78 is 12.1. The predicted octanol–water partition coefficient (Wildman–Crippen LogP) is 4.28. The van der Waals surface area contributed by atoms with Crippen LogP contribution in [-0.2, 0) is 4.79 Å². The average molecular weight is 630 g/mol. The summed E-state index contributed by atoms with van der Waals surface area (Å²) in [7, 11) is 1.52. The first kappa shape index (κ1) is 22.3. The number of fused-ring (bicyclic) bond motifs is 1. The highest BCUT2D eigenvalue weighted by Crippen LogP contribution is 2.29. The molecule has 0 unspecified atom stereocenters. The molecule has 30 heavy (non-hydrogen) atoms. The molecule has 0 fully saturated rings. The molecule has 2 N–H and O–H groups in total. The number of halogens is 2. The second-order valence-electron chi connectivity index (χ2n) is 6.09. The second-order valence-corrected chi connectivity index (χ2v) is 8.42. The third-order valence-corrected chi connectivity index (χ3v) is 5.66. The van der Waals surface area contributed by atoms with Crippen molar-refractivity contribution in [3.63, 3.8) is 0 Å². The maximum Gasteiger partial charge on any atom is 0.341 e. The van der Waals surface area contributed by atoms with E-state index in [9.17, 15) is 9.59 Å². The lowest BCUT2D eigenvalue weighted by Crippen LogP contribution is -2.18. The first-order valence-electron chi connectivity index (χ1n) is 8.63. The highest BCUT2D eigenvalue weighted by molar-refractivity contribution is 14.1. The third-order valence-electron chi connectivity index (χ3n) is 4.05. The molecule has 0 radical (unpaired) electrons. The Labute approximate surface area is 199 Å². The number of carbonyl (C=O) groups excluding carboxylic acids is 1. The molecule has 0 bridgehead atoms. The van der Waals surface area contributed by atoms with Crippen LogP contribution in [0.4, 0.5) is 0 Å². The van der Waals surface area contributed by atoms with E-state index >= 15 is 0 Å². The molecule has 3 aromatic carbocycles. The molecule has 0 heterocycles. The van der Waals surface area contributed by atoms with Crippen LogP contribution in [0.5, 0.6) is 11.5 Å². The first-order valence-corrected chi connectivity index (χ1v) is 10.8. The van der Waals surface area contributed by atoms with Crippen LogP contribution in [-0.4, -0.2) is 36.9 Å². The summed E-state index contributed by atoms with van der Waals surface area (Å²) in [6.45, 7) is -0.414. The quantitative estimate of drug-likeness (QED) is 0.231. The van der Waals surface area contributed by atoms with E-state index in [0.29, 0.717) is 17.1 Å². The molecule has 0 aliphatic heterocycles. The normalized spacial score (nSPS) is 10.9. The van der Waals surface area contributed by atoms with E-state index in [4.69, 9.17) is 14.6 Å². The topological polar surface area (TPSA) is 97.2 Å². The molecule has 1 amide bonds. The number of ether oxygens (including phenoxy) is 2. The molecule has 7 nitrogen and oxygen atoms in total. The molecule has 9 heteroatoms. The number of amides is 1. The Balaban J connectivity index is 1.76. The Morgan fingerprint density at radius 2 is 1.73 bits per heavy atom. The van der Waals surface area contributed by atoms with Crippen LogP contribution in [0.15, 0.2) is 53.6 Å². The maximum atomic E-state index is 12.6. The van der Waals surface area contributed by atoms with Gasteiger partial charge >= 0.3 is 5.97 Å². The number of aliphatic carboxylic acids is 1. The molecule has 3 aromatic rings. The number of carboxylic acid groups (broad SMARTS) is 1. The number of methoxy groups -OCH3 is 1. The van der Waals surface area contributed by atoms with Crippen molar-refractivity contribution < 1.29 is 24.2 Å². The van der Waals surface area contributed by atoms with Crippen molar-refractivity contribution in [3.8, 4) is 11.5 Å². The van der Waals surface area contributed by atoms with Crippen LogP contribution >= 0.6 is 45.2 Å². The fraction of sp³-hybridized carbons (Fsp3) is 0.0952. The Bertz CT molecular complexity index is 1120. The SMILES string of the molecule is COc1cc2ccccc2cc1C(=O)N/N=C\c1cc(I)c(OCC(=O)O)c(I)c1. The molecule has 0 spiro atoms. The molecule has 0 saturated heterocycles. The number of nitrogens with zero attached hydrogens (tertiary/aromatic N) is 1. The summed E-state index contributed by atoms with van der Waals surface area (Å²) in [6, 6.07) is 14.8. The van der Waals surface area contributed by atoms with Crippen molar-refractivity contribution in [2.45, 2.75) is 0 Å². The van der Waals surface area contributed by atoms with E-state index in [0.717, 1.165) is 23.5 Å². The minimum Gasteiger partial charge on any atom is -0.496 e. The van der Waals surface area contributed by atoms with Gasteiger partial charge in [-0.2, -0.15) is 5.10 Å². The summed E-state index contributed by atoms with van der Waals surface area (Å²) in [5.41, 5.74) is 3.63. The largest absolute Gasteiger partial charge is 0.496 e. The monoisotopic (exact) mass is 630 g/mol. The molecule has 154 valence electrons. The highest BCUT2D eigenvalue weighted by atomic mass is 127. The van der Waals surface area contributed by atoms with Gasteiger partial charge in [0, 0.05) is 0 Å². The molecule has 3 rings (SSSR count). The maximum absolute atomic E-state index is 12.6. The number of hydrazone groups is 1. The molecule has 0 atom stereocenters. The van der Waals surface area contributed by atoms with Gasteiger partial charge in [-0.15, -0.1) is 0 Å². The summed E-state index contributed by atoms with van der Waals surface area (Å²) in [5, 5.41) is 14.7. The Hall–Kier alpha value is -2.41. The van der Waals surface area contributed by atoms with Crippen LogP contribution in [0.1, 0.15) is 15.9 Å². The molecule has 0 aromatic heterocycles. The van der Waals surface area contributed by atoms with Gasteiger partial charge in [-0.3, -0.25) is 4.79 Å². The van der Waals surface area contributed by atoms with E-state index in [2.05, 4.69) is 55.7 Å². The molecule has 0 saturated carbocycles. The minimum atomic E-state index is -1.04. The van der Waals surface area contributed by atoms with E-state index in [1.165, 1.54) is 13.3 Å². The number of nitrogens with one attached hydrogen (secondary N) is 1. The van der Waals surface area contributed by atoms with Gasteiger partial charge < -0.3 is 14.6 Å². The second kappa shape index (κ2) is 10.1. The van der Waals surface area contributed by atoms with Crippen molar-refractivity contribution in [2.75, 3.05) is 13.7 Å². The van der Waals surface area contributed by atoms with Crippen molar-refractivity contribution in [1.29, 1.82) is 0 Å². The Morgan fingerprint density at radius 3 is 2.33 bits per heavy atom. The van der Waals surface area contributed by atoms with Crippen LogP contribution in [0.3, 0.4) is 0 Å². The van der Waals surface area contributed by atoms with E-state index < -0.39 is 12.6 Å². The van der Waals surface area contributed by atoms with Crippen LogP contribution in [0.25, 0.3) is 10.8 Å². The number of carbonyl (C=O) groups is 2. The number of hydrogen-bond donors (Lipinski definition) is 2. The lowest BCUT2D eigenvalue weighted by atomic mass is 10.1. The summed E-state index contributed by atoms with van der Waals surface area (Å²) in [6.07, 6.45) is 1.51. The number of benzene rings is 3. The standard InChI is InChI=1S/C21H16I2N2O5/c1-29-18-9-14-5-3-2-4-13(14)8-15(18)21(28)25-24-10-12-6-16(22)20(17(23)7-12)30-11-19(26)27/h2-10H,11H2,1H3,(H,25,28)(H,26,27)/b24-10-. The summed E-state index contributed by atoms with van der Waals surface area (Å²) in [4.78, 5) is 23.3. The zero-order valence-corrected chi connectivity index (χ0v) is 20.0. The van der Waals surface area contributed by atoms with Gasteiger partial charge in [0.05, 0.1) is 26.0 Å². The number of rotatable bonds is 7. The van der Waals surface area contributed by atoms with Crippen molar-refractivity contribution in [2.24, 2.45) is 5.10 Å². The van der Waals surface area contributed by atoms with Crippen LogP contribution < -0.4 is 14.9 Å². The van der Waals surface area contributed by atoms with E-state index in [-0.39, 0.29) is 5.91 Å².